The molecule has 2 amide bonds. The van der Waals surface area contributed by atoms with E-state index in [4.69, 9.17) is 4.74 Å². The fourth-order valence-corrected chi connectivity index (χ4v) is 3.98. The SMILES string of the molecule is O=C(N[C@H](COC(=O)[C@H](Cc1ccccc1)NC(=O)c1ccncc1)Cc1ccccc1)c1ccccc1. The second kappa shape index (κ2) is 13.5. The second-order valence-corrected chi connectivity index (χ2v) is 8.81. The molecule has 38 heavy (non-hydrogen) atoms. The number of carbonyl (C=O) groups excluding carboxylic acids is 3. The highest BCUT2D eigenvalue weighted by Gasteiger charge is 2.25. The molecule has 0 saturated heterocycles. The molecule has 7 heteroatoms. The summed E-state index contributed by atoms with van der Waals surface area (Å²) >= 11 is 0. The highest BCUT2D eigenvalue weighted by Crippen LogP contribution is 2.10. The van der Waals surface area contributed by atoms with Crippen LogP contribution < -0.4 is 10.6 Å². The number of nitrogens with one attached hydrogen (secondary N) is 2. The van der Waals surface area contributed by atoms with E-state index in [0.29, 0.717) is 17.5 Å². The monoisotopic (exact) mass is 507 g/mol. The zero-order chi connectivity index (χ0) is 26.6. The number of hydrogen-bond donors (Lipinski definition) is 2. The summed E-state index contributed by atoms with van der Waals surface area (Å²) in [6.07, 6.45) is 3.77. The molecule has 0 saturated carbocycles. The van der Waals surface area contributed by atoms with Gasteiger partial charge in [0.2, 0.25) is 0 Å². The van der Waals surface area contributed by atoms with Crippen LogP contribution in [-0.2, 0) is 22.4 Å². The molecule has 2 atom stereocenters. The van der Waals surface area contributed by atoms with Crippen LogP contribution in [0.4, 0.5) is 0 Å². The minimum Gasteiger partial charge on any atom is -0.462 e. The number of aromatic nitrogens is 1. The van der Waals surface area contributed by atoms with Gasteiger partial charge < -0.3 is 15.4 Å². The lowest BCUT2D eigenvalue weighted by Crippen LogP contribution is -2.46. The Labute approximate surface area is 221 Å². The van der Waals surface area contributed by atoms with Crippen molar-refractivity contribution in [2.75, 3.05) is 6.61 Å². The summed E-state index contributed by atoms with van der Waals surface area (Å²) in [5.74, 6) is -1.24. The molecular formula is C31H29N3O4. The third kappa shape index (κ3) is 7.86. The molecule has 0 fully saturated rings. The van der Waals surface area contributed by atoms with Crippen LogP contribution in [0.3, 0.4) is 0 Å². The Morgan fingerprint density at radius 2 is 1.13 bits per heavy atom. The van der Waals surface area contributed by atoms with E-state index in [0.717, 1.165) is 11.1 Å². The second-order valence-electron chi connectivity index (χ2n) is 8.81. The Morgan fingerprint density at radius 1 is 0.632 bits per heavy atom. The molecule has 0 spiro atoms. The molecule has 0 aliphatic carbocycles. The van der Waals surface area contributed by atoms with E-state index in [1.54, 1.807) is 36.4 Å². The van der Waals surface area contributed by atoms with Crippen LogP contribution in [0.15, 0.2) is 116 Å². The predicted octanol–water partition coefficient (Wildman–Crippen LogP) is 4.01. The number of ether oxygens (including phenoxy) is 1. The van der Waals surface area contributed by atoms with Gasteiger partial charge >= 0.3 is 5.97 Å². The van der Waals surface area contributed by atoms with Gasteiger partial charge in [0.15, 0.2) is 0 Å². The normalized spacial score (nSPS) is 12.1. The maximum Gasteiger partial charge on any atom is 0.329 e. The summed E-state index contributed by atoms with van der Waals surface area (Å²) in [6.45, 7) is -0.0529. The lowest BCUT2D eigenvalue weighted by Gasteiger charge is -2.22. The molecular weight excluding hydrogens is 478 g/mol. The number of esters is 1. The van der Waals surface area contributed by atoms with Gasteiger partial charge in [-0.25, -0.2) is 4.79 Å². The fraction of sp³-hybridized carbons (Fsp3) is 0.161. The zero-order valence-electron chi connectivity index (χ0n) is 20.8. The van der Waals surface area contributed by atoms with Gasteiger partial charge in [-0.05, 0) is 41.8 Å². The van der Waals surface area contributed by atoms with E-state index < -0.39 is 24.0 Å². The van der Waals surface area contributed by atoms with Crippen LogP contribution in [0.1, 0.15) is 31.8 Å². The maximum atomic E-state index is 13.3. The minimum absolute atomic E-state index is 0.0529. The average Bonchev–Trinajstić information content (AvgIpc) is 2.97. The molecule has 3 aromatic carbocycles. The van der Waals surface area contributed by atoms with Crippen LogP contribution in [0, 0.1) is 0 Å². The molecule has 0 aliphatic rings. The highest BCUT2D eigenvalue weighted by atomic mass is 16.5. The van der Waals surface area contributed by atoms with E-state index >= 15 is 0 Å². The maximum absolute atomic E-state index is 13.3. The Hall–Kier alpha value is -4.78. The van der Waals surface area contributed by atoms with E-state index in [1.165, 1.54) is 12.4 Å². The number of pyridine rings is 1. The van der Waals surface area contributed by atoms with Crippen LogP contribution in [0.2, 0.25) is 0 Å². The zero-order valence-corrected chi connectivity index (χ0v) is 20.8. The summed E-state index contributed by atoms with van der Waals surface area (Å²) in [6, 6.07) is 29.7. The number of rotatable bonds is 11. The molecule has 7 nitrogen and oxygen atoms in total. The number of amides is 2. The third-order valence-electron chi connectivity index (χ3n) is 5.94. The van der Waals surface area contributed by atoms with Gasteiger partial charge in [0.05, 0.1) is 6.04 Å². The first-order valence-corrected chi connectivity index (χ1v) is 12.4. The molecule has 4 rings (SSSR count). The van der Waals surface area contributed by atoms with Crippen molar-refractivity contribution in [1.82, 2.24) is 15.6 Å². The van der Waals surface area contributed by atoms with Crippen molar-refractivity contribution in [3.8, 4) is 0 Å². The molecule has 0 unspecified atom stereocenters. The largest absolute Gasteiger partial charge is 0.462 e. The van der Waals surface area contributed by atoms with Crippen molar-refractivity contribution >= 4 is 17.8 Å². The lowest BCUT2D eigenvalue weighted by atomic mass is 10.0. The number of hydrogen-bond acceptors (Lipinski definition) is 5. The van der Waals surface area contributed by atoms with E-state index in [-0.39, 0.29) is 18.9 Å². The van der Waals surface area contributed by atoms with Gasteiger partial charge in [-0.3, -0.25) is 14.6 Å². The number of nitrogens with zero attached hydrogens (tertiary/aromatic N) is 1. The summed E-state index contributed by atoms with van der Waals surface area (Å²) < 4.78 is 5.70. The summed E-state index contributed by atoms with van der Waals surface area (Å²) in [7, 11) is 0. The first-order chi connectivity index (χ1) is 18.6. The smallest absolute Gasteiger partial charge is 0.329 e. The molecule has 0 radical (unpaired) electrons. The van der Waals surface area contributed by atoms with Crippen molar-refractivity contribution in [2.24, 2.45) is 0 Å². The first kappa shape index (κ1) is 26.3. The molecule has 0 bridgehead atoms. The van der Waals surface area contributed by atoms with Gasteiger partial charge in [0, 0.05) is 29.9 Å². The van der Waals surface area contributed by atoms with Crippen molar-refractivity contribution < 1.29 is 19.1 Å². The van der Waals surface area contributed by atoms with Crippen molar-refractivity contribution in [3.05, 3.63) is 138 Å². The van der Waals surface area contributed by atoms with E-state index in [1.807, 2.05) is 66.7 Å². The van der Waals surface area contributed by atoms with Gasteiger partial charge in [0.1, 0.15) is 12.6 Å². The number of carbonyl (C=O) groups is 3. The van der Waals surface area contributed by atoms with Crippen molar-refractivity contribution in [3.63, 3.8) is 0 Å². The quantitative estimate of drug-likeness (QED) is 0.299. The van der Waals surface area contributed by atoms with Crippen LogP contribution in [0.25, 0.3) is 0 Å². The molecule has 1 heterocycles. The average molecular weight is 508 g/mol. The summed E-state index contributed by atoms with van der Waals surface area (Å²) in [5, 5.41) is 5.77. The standard InChI is InChI=1S/C31H29N3O4/c35-29(25-14-8-3-9-15-25)33-27(20-23-10-4-1-5-11-23)22-38-31(37)28(21-24-12-6-2-7-13-24)34-30(36)26-16-18-32-19-17-26/h1-19,27-28H,20-22H2,(H,33,35)(H,34,36)/t27-,28-/m0/s1. The van der Waals surface area contributed by atoms with Gasteiger partial charge in [-0.1, -0.05) is 78.9 Å². The molecule has 0 aliphatic heterocycles. The van der Waals surface area contributed by atoms with Crippen molar-refractivity contribution in [1.29, 1.82) is 0 Å². The summed E-state index contributed by atoms with van der Waals surface area (Å²) in [5.41, 5.74) is 2.78. The van der Waals surface area contributed by atoms with E-state index in [9.17, 15) is 14.4 Å². The van der Waals surface area contributed by atoms with E-state index in [2.05, 4.69) is 15.6 Å². The summed E-state index contributed by atoms with van der Waals surface area (Å²) in [4.78, 5) is 42.9. The van der Waals surface area contributed by atoms with Crippen molar-refractivity contribution in [2.45, 2.75) is 24.9 Å². The highest BCUT2D eigenvalue weighted by molar-refractivity contribution is 5.96. The van der Waals surface area contributed by atoms with Crippen LogP contribution >= 0.6 is 0 Å². The molecule has 1 aromatic heterocycles. The van der Waals surface area contributed by atoms with Gasteiger partial charge in [-0.15, -0.1) is 0 Å². The van der Waals surface area contributed by atoms with Gasteiger partial charge in [0.25, 0.3) is 11.8 Å². The molecule has 2 N–H and O–H groups in total. The topological polar surface area (TPSA) is 97.4 Å². The predicted molar refractivity (Wildman–Crippen MR) is 144 cm³/mol. The minimum atomic E-state index is -0.916. The van der Waals surface area contributed by atoms with Crippen LogP contribution in [0.5, 0.6) is 0 Å². The lowest BCUT2D eigenvalue weighted by molar-refractivity contribution is -0.146. The van der Waals surface area contributed by atoms with Crippen LogP contribution in [-0.4, -0.2) is 41.5 Å². The fourth-order valence-electron chi connectivity index (χ4n) is 3.98. The van der Waals surface area contributed by atoms with Gasteiger partial charge in [-0.2, -0.15) is 0 Å². The molecule has 192 valence electrons. The Balaban J connectivity index is 1.47. The Bertz CT molecular complexity index is 1320. The number of benzene rings is 3. The Morgan fingerprint density at radius 3 is 1.74 bits per heavy atom. The first-order valence-electron chi connectivity index (χ1n) is 12.4. The molecule has 4 aromatic rings. The third-order valence-corrected chi connectivity index (χ3v) is 5.94. The Kier molecular flexibility index (Phi) is 9.34.